The number of nitrogens with zero attached hydrogens (tertiary/aromatic N) is 3. The van der Waals surface area contributed by atoms with Gasteiger partial charge in [0.15, 0.2) is 5.13 Å². The van der Waals surface area contributed by atoms with E-state index in [2.05, 4.69) is 10.2 Å². The third-order valence-electron chi connectivity index (χ3n) is 4.81. The number of ether oxygens (including phenoxy) is 1. The summed E-state index contributed by atoms with van der Waals surface area (Å²) in [4.78, 5) is 21.0. The van der Waals surface area contributed by atoms with Gasteiger partial charge in [0.05, 0.1) is 18.5 Å². The van der Waals surface area contributed by atoms with Crippen LogP contribution < -0.4 is 15.0 Å². The maximum atomic E-state index is 13.7. The average Bonchev–Trinajstić information content (AvgIpc) is 3.26. The number of benzene rings is 2. The number of hydrogen-bond acceptors (Lipinski definition) is 5. The van der Waals surface area contributed by atoms with Crippen LogP contribution in [0.1, 0.15) is 0 Å². The van der Waals surface area contributed by atoms with Gasteiger partial charge in [-0.15, -0.1) is 11.3 Å². The summed E-state index contributed by atoms with van der Waals surface area (Å²) in [7, 11) is 1.65. The van der Waals surface area contributed by atoms with Gasteiger partial charge in [-0.05, 0) is 24.3 Å². The summed E-state index contributed by atoms with van der Waals surface area (Å²) < 4.78 is 19.0. The minimum Gasteiger partial charge on any atom is -0.497 e. The standard InChI is InChI=1S/C21H21FN4O2S/c1-28-16-6-4-5-15(13-16)19-14-29-21(24-19)26-11-9-25(10-12-26)20(27)23-18-8-3-2-7-17(18)22/h2-8,13-14H,9-12H2,1H3,(H,23,27). The average molecular weight is 412 g/mol. The lowest BCUT2D eigenvalue weighted by Crippen LogP contribution is -2.50. The summed E-state index contributed by atoms with van der Waals surface area (Å²) in [5.41, 5.74) is 2.11. The molecule has 0 radical (unpaired) electrons. The molecule has 0 aliphatic carbocycles. The molecule has 0 unspecified atom stereocenters. The number of methoxy groups -OCH3 is 1. The number of piperazine rings is 1. The molecule has 29 heavy (non-hydrogen) atoms. The number of carbonyl (C=O) groups excluding carboxylic acids is 1. The van der Waals surface area contributed by atoms with Gasteiger partial charge in [-0.2, -0.15) is 0 Å². The quantitative estimate of drug-likeness (QED) is 0.694. The molecule has 0 spiro atoms. The molecule has 0 atom stereocenters. The van der Waals surface area contributed by atoms with Gasteiger partial charge in [0, 0.05) is 37.1 Å². The van der Waals surface area contributed by atoms with Crippen molar-refractivity contribution in [1.82, 2.24) is 9.88 Å². The first-order chi connectivity index (χ1) is 14.1. The molecule has 1 aliphatic rings. The van der Waals surface area contributed by atoms with Crippen molar-refractivity contribution in [3.05, 3.63) is 59.7 Å². The summed E-state index contributed by atoms with van der Waals surface area (Å²) >= 11 is 1.58. The molecule has 1 N–H and O–H groups in total. The van der Waals surface area contributed by atoms with Crippen LogP contribution >= 0.6 is 11.3 Å². The second kappa shape index (κ2) is 8.48. The largest absolute Gasteiger partial charge is 0.497 e. The zero-order valence-corrected chi connectivity index (χ0v) is 16.8. The van der Waals surface area contributed by atoms with Crippen molar-refractivity contribution in [1.29, 1.82) is 0 Å². The van der Waals surface area contributed by atoms with Crippen LogP contribution in [0.25, 0.3) is 11.3 Å². The van der Waals surface area contributed by atoms with E-state index >= 15 is 0 Å². The minimum atomic E-state index is -0.438. The summed E-state index contributed by atoms with van der Waals surface area (Å²) in [6.45, 7) is 2.45. The molecule has 2 amide bonds. The molecule has 2 heterocycles. The molecule has 4 rings (SSSR count). The minimum absolute atomic E-state index is 0.197. The van der Waals surface area contributed by atoms with E-state index in [0.717, 1.165) is 22.1 Å². The number of thiazole rings is 1. The van der Waals surface area contributed by atoms with E-state index in [4.69, 9.17) is 9.72 Å². The number of halogens is 1. The summed E-state index contributed by atoms with van der Waals surface area (Å²) in [5, 5.41) is 5.60. The number of carbonyl (C=O) groups is 1. The van der Waals surface area contributed by atoms with Crippen LogP contribution in [0.15, 0.2) is 53.9 Å². The molecule has 8 heteroatoms. The number of aromatic nitrogens is 1. The molecule has 1 aromatic heterocycles. The molecule has 0 saturated carbocycles. The van der Waals surface area contributed by atoms with Gasteiger partial charge in [0.2, 0.25) is 0 Å². The van der Waals surface area contributed by atoms with Crippen molar-refractivity contribution in [2.75, 3.05) is 43.5 Å². The van der Waals surface area contributed by atoms with E-state index in [-0.39, 0.29) is 11.7 Å². The maximum Gasteiger partial charge on any atom is 0.322 e. The summed E-state index contributed by atoms with van der Waals surface area (Å²) in [5.74, 6) is 0.360. The van der Waals surface area contributed by atoms with Gasteiger partial charge in [-0.1, -0.05) is 24.3 Å². The molecular weight excluding hydrogens is 391 g/mol. The van der Waals surface area contributed by atoms with E-state index in [0.29, 0.717) is 26.2 Å². The molecule has 150 valence electrons. The van der Waals surface area contributed by atoms with Gasteiger partial charge in [0.25, 0.3) is 0 Å². The SMILES string of the molecule is COc1cccc(-c2csc(N3CCN(C(=O)Nc4ccccc4F)CC3)n2)c1. The van der Waals surface area contributed by atoms with Crippen molar-refractivity contribution < 1.29 is 13.9 Å². The molecule has 0 bridgehead atoms. The highest BCUT2D eigenvalue weighted by Gasteiger charge is 2.23. The molecule has 6 nitrogen and oxygen atoms in total. The lowest BCUT2D eigenvalue weighted by atomic mass is 10.2. The summed E-state index contributed by atoms with van der Waals surface area (Å²) in [6.07, 6.45) is 0. The van der Waals surface area contributed by atoms with Crippen molar-refractivity contribution in [3.63, 3.8) is 0 Å². The first-order valence-corrected chi connectivity index (χ1v) is 10.2. The van der Waals surface area contributed by atoms with Gasteiger partial charge < -0.3 is 19.9 Å². The first-order valence-electron chi connectivity index (χ1n) is 9.29. The van der Waals surface area contributed by atoms with Crippen molar-refractivity contribution in [3.8, 4) is 17.0 Å². The van der Waals surface area contributed by atoms with Crippen molar-refractivity contribution in [2.24, 2.45) is 0 Å². The molecule has 1 saturated heterocycles. The third kappa shape index (κ3) is 4.32. The highest BCUT2D eigenvalue weighted by atomic mass is 32.1. The highest BCUT2D eigenvalue weighted by Crippen LogP contribution is 2.30. The number of urea groups is 1. The monoisotopic (exact) mass is 412 g/mol. The predicted molar refractivity (Wildman–Crippen MR) is 113 cm³/mol. The van der Waals surface area contributed by atoms with Crippen LogP contribution in [0.2, 0.25) is 0 Å². The number of hydrogen-bond donors (Lipinski definition) is 1. The zero-order chi connectivity index (χ0) is 20.2. The van der Waals surface area contributed by atoms with Gasteiger partial charge in [0.1, 0.15) is 11.6 Å². The molecule has 1 fully saturated rings. The van der Waals surface area contributed by atoms with E-state index in [9.17, 15) is 9.18 Å². The Bertz CT molecular complexity index is 1000. The third-order valence-corrected chi connectivity index (χ3v) is 5.71. The molecular formula is C21H21FN4O2S. The Morgan fingerprint density at radius 3 is 2.69 bits per heavy atom. The van der Waals surface area contributed by atoms with Crippen LogP contribution in [0.5, 0.6) is 5.75 Å². The molecule has 2 aromatic carbocycles. The Labute approximate surface area is 172 Å². The normalized spacial score (nSPS) is 14.0. The van der Waals surface area contributed by atoms with Crippen LogP contribution in [0.4, 0.5) is 20.0 Å². The zero-order valence-electron chi connectivity index (χ0n) is 16.0. The predicted octanol–water partition coefficient (Wildman–Crippen LogP) is 4.31. The van der Waals surface area contributed by atoms with E-state index < -0.39 is 5.82 Å². The van der Waals surface area contributed by atoms with Crippen LogP contribution in [0, 0.1) is 5.82 Å². The fourth-order valence-electron chi connectivity index (χ4n) is 3.18. The van der Waals surface area contributed by atoms with Gasteiger partial charge in [-0.3, -0.25) is 0 Å². The second-order valence-electron chi connectivity index (χ2n) is 6.63. The van der Waals surface area contributed by atoms with E-state index in [1.807, 2.05) is 29.6 Å². The van der Waals surface area contributed by atoms with Crippen LogP contribution in [0.3, 0.4) is 0 Å². The number of amides is 2. The summed E-state index contributed by atoms with van der Waals surface area (Å²) in [6, 6.07) is 13.7. The number of rotatable bonds is 4. The fourth-order valence-corrected chi connectivity index (χ4v) is 4.07. The van der Waals surface area contributed by atoms with Crippen molar-refractivity contribution in [2.45, 2.75) is 0 Å². The van der Waals surface area contributed by atoms with E-state index in [1.54, 1.807) is 41.5 Å². The van der Waals surface area contributed by atoms with Gasteiger partial charge in [-0.25, -0.2) is 14.2 Å². The first kappa shape index (κ1) is 19.2. The molecule has 3 aromatic rings. The number of anilines is 2. The molecule has 1 aliphatic heterocycles. The Morgan fingerprint density at radius 2 is 1.93 bits per heavy atom. The second-order valence-corrected chi connectivity index (χ2v) is 7.47. The van der Waals surface area contributed by atoms with Gasteiger partial charge >= 0.3 is 6.03 Å². The van der Waals surface area contributed by atoms with Crippen LogP contribution in [-0.4, -0.2) is 49.2 Å². The Balaban J connectivity index is 1.37. The Kier molecular flexibility index (Phi) is 5.62. The van der Waals surface area contributed by atoms with E-state index in [1.165, 1.54) is 6.07 Å². The van der Waals surface area contributed by atoms with Crippen LogP contribution in [-0.2, 0) is 0 Å². The number of nitrogens with one attached hydrogen (secondary N) is 1. The lowest BCUT2D eigenvalue weighted by molar-refractivity contribution is 0.208. The fraction of sp³-hybridized carbons (Fsp3) is 0.238. The Hall–Kier alpha value is -3.13. The number of para-hydroxylation sites is 1. The lowest BCUT2D eigenvalue weighted by Gasteiger charge is -2.34. The topological polar surface area (TPSA) is 57.7 Å². The smallest absolute Gasteiger partial charge is 0.322 e. The highest BCUT2D eigenvalue weighted by molar-refractivity contribution is 7.14. The maximum absolute atomic E-state index is 13.7. The Morgan fingerprint density at radius 1 is 1.14 bits per heavy atom. The van der Waals surface area contributed by atoms with Crippen molar-refractivity contribution >= 4 is 28.2 Å².